The van der Waals surface area contributed by atoms with Gasteiger partial charge in [0.1, 0.15) is 12.2 Å². The maximum atomic E-state index is 4.11. The Labute approximate surface area is 63.4 Å². The molecule has 0 saturated heterocycles. The van der Waals surface area contributed by atoms with Gasteiger partial charge in [0.25, 0.3) is 0 Å². The summed E-state index contributed by atoms with van der Waals surface area (Å²) in [4.78, 5) is 16.0. The quantitative estimate of drug-likeness (QED) is 0.549. The summed E-state index contributed by atoms with van der Waals surface area (Å²) in [6.45, 7) is 1.83. The molecule has 54 valence electrons. The molecule has 0 atom stereocenters. The van der Waals surface area contributed by atoms with Crippen LogP contribution in [-0.2, 0) is 0 Å². The SMILES string of the molecule is Cc1ncc2cncnc2n1. The second-order valence-corrected chi connectivity index (χ2v) is 2.22. The molecular weight excluding hydrogens is 140 g/mol. The Bertz CT molecular complexity index is 385. The van der Waals surface area contributed by atoms with Gasteiger partial charge in [-0.2, -0.15) is 0 Å². The van der Waals surface area contributed by atoms with Crippen LogP contribution >= 0.6 is 0 Å². The van der Waals surface area contributed by atoms with Crippen molar-refractivity contribution in [2.45, 2.75) is 6.92 Å². The van der Waals surface area contributed by atoms with Gasteiger partial charge in [-0.15, -0.1) is 0 Å². The first-order valence-electron chi connectivity index (χ1n) is 3.25. The van der Waals surface area contributed by atoms with Gasteiger partial charge in [0.15, 0.2) is 5.65 Å². The predicted molar refractivity (Wildman–Crippen MR) is 39.9 cm³/mol. The zero-order valence-corrected chi connectivity index (χ0v) is 6.02. The third-order valence-electron chi connectivity index (χ3n) is 1.38. The summed E-state index contributed by atoms with van der Waals surface area (Å²) in [5.41, 5.74) is 0.701. The molecule has 0 amide bonds. The van der Waals surface area contributed by atoms with Gasteiger partial charge in [-0.25, -0.2) is 19.9 Å². The fraction of sp³-hybridized carbons (Fsp3) is 0.143. The maximum absolute atomic E-state index is 4.11. The fourth-order valence-electron chi connectivity index (χ4n) is 0.864. The van der Waals surface area contributed by atoms with Gasteiger partial charge < -0.3 is 0 Å². The third-order valence-corrected chi connectivity index (χ3v) is 1.38. The molecule has 11 heavy (non-hydrogen) atoms. The van der Waals surface area contributed by atoms with Crippen molar-refractivity contribution in [3.63, 3.8) is 0 Å². The van der Waals surface area contributed by atoms with E-state index in [1.165, 1.54) is 6.33 Å². The van der Waals surface area contributed by atoms with Gasteiger partial charge in [-0.05, 0) is 6.92 Å². The first kappa shape index (κ1) is 6.15. The molecule has 0 aromatic carbocycles. The zero-order chi connectivity index (χ0) is 7.68. The first-order chi connectivity index (χ1) is 5.36. The summed E-state index contributed by atoms with van der Waals surface area (Å²) in [5, 5.41) is 0.873. The lowest BCUT2D eigenvalue weighted by molar-refractivity contribution is 1.06. The Hall–Kier alpha value is -1.58. The number of hydrogen-bond acceptors (Lipinski definition) is 4. The molecule has 0 fully saturated rings. The zero-order valence-electron chi connectivity index (χ0n) is 6.02. The molecule has 4 heteroatoms. The predicted octanol–water partition coefficient (Wildman–Crippen LogP) is 0.728. The van der Waals surface area contributed by atoms with Crippen LogP contribution in [0.2, 0.25) is 0 Å². The van der Waals surface area contributed by atoms with E-state index in [0.29, 0.717) is 5.65 Å². The number of fused-ring (bicyclic) bond motifs is 1. The molecule has 0 aliphatic heterocycles. The average molecular weight is 146 g/mol. The van der Waals surface area contributed by atoms with Gasteiger partial charge in [-0.1, -0.05) is 0 Å². The number of aromatic nitrogens is 4. The highest BCUT2D eigenvalue weighted by Gasteiger charge is 1.94. The van der Waals surface area contributed by atoms with Crippen LogP contribution in [-0.4, -0.2) is 19.9 Å². The number of nitrogens with zero attached hydrogens (tertiary/aromatic N) is 4. The van der Waals surface area contributed by atoms with Crippen LogP contribution in [0.15, 0.2) is 18.7 Å². The van der Waals surface area contributed by atoms with Crippen molar-refractivity contribution in [1.29, 1.82) is 0 Å². The normalized spacial score (nSPS) is 10.3. The molecule has 2 aromatic rings. The lowest BCUT2D eigenvalue weighted by Gasteiger charge is -1.93. The molecule has 0 unspecified atom stereocenters. The van der Waals surface area contributed by atoms with E-state index in [2.05, 4.69) is 19.9 Å². The minimum Gasteiger partial charge on any atom is -0.244 e. The standard InChI is InChI=1S/C7H6N4/c1-5-9-3-6-2-8-4-10-7(6)11-5/h2-4H,1H3. The summed E-state index contributed by atoms with van der Waals surface area (Å²) in [6.07, 6.45) is 4.90. The van der Waals surface area contributed by atoms with Gasteiger partial charge in [0.2, 0.25) is 0 Å². The third kappa shape index (κ3) is 1.02. The van der Waals surface area contributed by atoms with Crippen molar-refractivity contribution >= 4 is 11.0 Å². The molecule has 0 saturated carbocycles. The van der Waals surface area contributed by atoms with Crippen molar-refractivity contribution in [3.8, 4) is 0 Å². The molecule has 2 heterocycles. The van der Waals surface area contributed by atoms with Gasteiger partial charge >= 0.3 is 0 Å². The first-order valence-corrected chi connectivity index (χ1v) is 3.25. The van der Waals surface area contributed by atoms with E-state index in [-0.39, 0.29) is 0 Å². The Balaban J connectivity index is 2.83. The molecule has 0 spiro atoms. The van der Waals surface area contributed by atoms with Gasteiger partial charge in [0.05, 0.1) is 5.39 Å². The van der Waals surface area contributed by atoms with Gasteiger partial charge in [0, 0.05) is 12.4 Å². The monoisotopic (exact) mass is 146 g/mol. The molecule has 0 N–H and O–H groups in total. The van der Waals surface area contributed by atoms with E-state index in [4.69, 9.17) is 0 Å². The van der Waals surface area contributed by atoms with Crippen LogP contribution < -0.4 is 0 Å². The number of aryl methyl sites for hydroxylation is 1. The summed E-state index contributed by atoms with van der Waals surface area (Å²) in [5.74, 6) is 0.733. The Morgan fingerprint density at radius 3 is 3.00 bits per heavy atom. The van der Waals surface area contributed by atoms with Crippen molar-refractivity contribution in [1.82, 2.24) is 19.9 Å². The van der Waals surface area contributed by atoms with E-state index in [1.807, 2.05) is 6.92 Å². The van der Waals surface area contributed by atoms with E-state index >= 15 is 0 Å². The minimum atomic E-state index is 0.701. The van der Waals surface area contributed by atoms with E-state index in [1.54, 1.807) is 12.4 Å². The van der Waals surface area contributed by atoms with Crippen LogP contribution in [0.1, 0.15) is 5.82 Å². The highest BCUT2D eigenvalue weighted by atomic mass is 15.0. The van der Waals surface area contributed by atoms with E-state index in [9.17, 15) is 0 Å². The largest absolute Gasteiger partial charge is 0.244 e. The van der Waals surface area contributed by atoms with Crippen molar-refractivity contribution in [3.05, 3.63) is 24.5 Å². The Morgan fingerprint density at radius 2 is 2.09 bits per heavy atom. The van der Waals surface area contributed by atoms with Crippen LogP contribution in [0.25, 0.3) is 11.0 Å². The second-order valence-electron chi connectivity index (χ2n) is 2.22. The highest BCUT2D eigenvalue weighted by molar-refractivity contribution is 5.71. The van der Waals surface area contributed by atoms with Crippen LogP contribution in [0, 0.1) is 6.92 Å². The number of rotatable bonds is 0. The lowest BCUT2D eigenvalue weighted by Crippen LogP contribution is -1.90. The van der Waals surface area contributed by atoms with Crippen molar-refractivity contribution < 1.29 is 0 Å². The topological polar surface area (TPSA) is 51.6 Å². The molecule has 2 rings (SSSR count). The molecule has 0 aliphatic carbocycles. The lowest BCUT2D eigenvalue weighted by atomic mass is 10.4. The smallest absolute Gasteiger partial charge is 0.166 e. The molecule has 0 radical (unpaired) electrons. The van der Waals surface area contributed by atoms with Crippen LogP contribution in [0.5, 0.6) is 0 Å². The molecular formula is C7H6N4. The maximum Gasteiger partial charge on any atom is 0.166 e. The Kier molecular flexibility index (Phi) is 1.25. The minimum absolute atomic E-state index is 0.701. The van der Waals surface area contributed by atoms with E-state index < -0.39 is 0 Å². The van der Waals surface area contributed by atoms with Crippen LogP contribution in [0.4, 0.5) is 0 Å². The molecule has 0 bridgehead atoms. The summed E-state index contributed by atoms with van der Waals surface area (Å²) >= 11 is 0. The molecule has 2 aromatic heterocycles. The summed E-state index contributed by atoms with van der Waals surface area (Å²) < 4.78 is 0. The summed E-state index contributed by atoms with van der Waals surface area (Å²) in [6, 6.07) is 0. The summed E-state index contributed by atoms with van der Waals surface area (Å²) in [7, 11) is 0. The average Bonchev–Trinajstić information content (AvgIpc) is 2.04. The molecule has 0 aliphatic rings. The number of hydrogen-bond donors (Lipinski definition) is 0. The second kappa shape index (κ2) is 2.23. The molecule has 4 nitrogen and oxygen atoms in total. The van der Waals surface area contributed by atoms with E-state index in [0.717, 1.165) is 11.2 Å². The fourth-order valence-corrected chi connectivity index (χ4v) is 0.864. The Morgan fingerprint density at radius 1 is 1.18 bits per heavy atom. The van der Waals surface area contributed by atoms with Crippen LogP contribution in [0.3, 0.4) is 0 Å². The van der Waals surface area contributed by atoms with Crippen molar-refractivity contribution in [2.75, 3.05) is 0 Å². The highest BCUT2D eigenvalue weighted by Crippen LogP contribution is 2.03. The van der Waals surface area contributed by atoms with Gasteiger partial charge in [-0.3, -0.25) is 0 Å². The van der Waals surface area contributed by atoms with Crippen molar-refractivity contribution in [2.24, 2.45) is 0 Å².